The lowest BCUT2D eigenvalue weighted by atomic mass is 10.1. The van der Waals surface area contributed by atoms with Gasteiger partial charge in [0.1, 0.15) is 11.3 Å². The van der Waals surface area contributed by atoms with Crippen molar-refractivity contribution in [3.63, 3.8) is 0 Å². The molecule has 0 spiro atoms. The first-order valence-corrected chi connectivity index (χ1v) is 9.05. The molecule has 1 unspecified atom stereocenters. The second-order valence-corrected chi connectivity index (χ2v) is 8.08. The van der Waals surface area contributed by atoms with Gasteiger partial charge in [-0.25, -0.2) is 4.79 Å². The molecule has 1 aromatic rings. The van der Waals surface area contributed by atoms with Crippen LogP contribution in [0.3, 0.4) is 0 Å². The summed E-state index contributed by atoms with van der Waals surface area (Å²) in [5.41, 5.74) is 0.0971. The van der Waals surface area contributed by atoms with Crippen molar-refractivity contribution in [2.24, 2.45) is 0 Å². The Morgan fingerprint density at radius 3 is 2.52 bits per heavy atom. The molecule has 1 aromatic carbocycles. The van der Waals surface area contributed by atoms with Crippen LogP contribution in [0.25, 0.3) is 0 Å². The van der Waals surface area contributed by atoms with Crippen molar-refractivity contribution in [1.82, 2.24) is 9.80 Å². The van der Waals surface area contributed by atoms with E-state index in [1.54, 1.807) is 4.90 Å². The fourth-order valence-electron chi connectivity index (χ4n) is 3.14. The number of rotatable bonds is 5. The zero-order chi connectivity index (χ0) is 18.7. The Bertz CT molecular complexity index is 566. The van der Waals surface area contributed by atoms with Crippen molar-refractivity contribution in [1.29, 1.82) is 0 Å². The highest BCUT2D eigenvalue weighted by molar-refractivity contribution is 5.69. The minimum absolute atomic E-state index is 0.0199. The minimum atomic E-state index is -0.654. The number of carbonyl (C=O) groups is 1. The maximum Gasteiger partial charge on any atom is 0.412 e. The zero-order valence-corrected chi connectivity index (χ0v) is 16.4. The van der Waals surface area contributed by atoms with E-state index in [2.05, 4.69) is 36.1 Å². The molecule has 25 heavy (non-hydrogen) atoms. The van der Waals surface area contributed by atoms with Crippen LogP contribution in [0.2, 0.25) is 0 Å². The Kier molecular flexibility index (Phi) is 6.12. The Hall–Kier alpha value is -1.59. The summed E-state index contributed by atoms with van der Waals surface area (Å²) in [5.74, 6) is 0. The predicted octanol–water partition coefficient (Wildman–Crippen LogP) is 3.88. The third-order valence-electron chi connectivity index (χ3n) is 4.33. The molecule has 0 radical (unpaired) electrons. The van der Waals surface area contributed by atoms with Crippen LogP contribution in [0.4, 0.5) is 4.79 Å². The van der Waals surface area contributed by atoms with Crippen LogP contribution in [-0.4, -0.2) is 53.0 Å². The molecule has 1 amide bonds. The third kappa shape index (κ3) is 5.44. The van der Waals surface area contributed by atoms with E-state index in [1.165, 1.54) is 5.56 Å². The molecule has 1 aliphatic rings. The molecule has 0 aromatic heterocycles. The first-order valence-electron chi connectivity index (χ1n) is 9.05. The molecule has 1 fully saturated rings. The average Bonchev–Trinajstić information content (AvgIpc) is 2.80. The Labute approximate surface area is 151 Å². The summed E-state index contributed by atoms with van der Waals surface area (Å²) in [7, 11) is 0. The molecule has 0 saturated carbocycles. The lowest BCUT2D eigenvalue weighted by Gasteiger charge is -2.36. The lowest BCUT2D eigenvalue weighted by molar-refractivity contribution is -0.0633. The molecule has 1 heterocycles. The van der Waals surface area contributed by atoms with Crippen LogP contribution >= 0.6 is 0 Å². The van der Waals surface area contributed by atoms with Gasteiger partial charge in [0.2, 0.25) is 0 Å². The summed E-state index contributed by atoms with van der Waals surface area (Å²) >= 11 is 0. The van der Waals surface area contributed by atoms with E-state index in [1.807, 2.05) is 40.7 Å². The van der Waals surface area contributed by atoms with Gasteiger partial charge in [-0.15, -0.1) is 0 Å². The summed E-state index contributed by atoms with van der Waals surface area (Å²) in [6.45, 7) is 14.7. The number of hydrogen-bond acceptors (Lipinski definition) is 4. The SMILES string of the molecule is CCN(Cc1ccccc1)CC1COC(C)(C)N1C(=O)OC(C)(C)C. The van der Waals surface area contributed by atoms with E-state index in [0.717, 1.165) is 19.6 Å². The summed E-state index contributed by atoms with van der Waals surface area (Å²) in [6.07, 6.45) is -0.309. The Morgan fingerprint density at radius 2 is 1.96 bits per heavy atom. The summed E-state index contributed by atoms with van der Waals surface area (Å²) in [4.78, 5) is 16.8. The van der Waals surface area contributed by atoms with Crippen molar-refractivity contribution < 1.29 is 14.3 Å². The van der Waals surface area contributed by atoms with Crippen molar-refractivity contribution in [2.45, 2.75) is 65.5 Å². The van der Waals surface area contributed by atoms with E-state index in [0.29, 0.717) is 6.61 Å². The molecule has 1 atom stereocenters. The molecule has 1 saturated heterocycles. The van der Waals surface area contributed by atoms with Crippen LogP contribution in [0.15, 0.2) is 30.3 Å². The molecule has 0 N–H and O–H groups in total. The maximum atomic E-state index is 12.7. The second kappa shape index (κ2) is 7.75. The second-order valence-electron chi connectivity index (χ2n) is 8.08. The van der Waals surface area contributed by atoms with Crippen LogP contribution in [0.5, 0.6) is 0 Å². The number of amides is 1. The van der Waals surface area contributed by atoms with Gasteiger partial charge < -0.3 is 9.47 Å². The zero-order valence-electron chi connectivity index (χ0n) is 16.4. The monoisotopic (exact) mass is 348 g/mol. The van der Waals surface area contributed by atoms with Crippen molar-refractivity contribution >= 4 is 6.09 Å². The van der Waals surface area contributed by atoms with E-state index in [-0.39, 0.29) is 12.1 Å². The van der Waals surface area contributed by atoms with Crippen molar-refractivity contribution in [2.75, 3.05) is 19.7 Å². The van der Waals surface area contributed by atoms with Crippen LogP contribution < -0.4 is 0 Å². The van der Waals surface area contributed by atoms with E-state index in [9.17, 15) is 4.79 Å². The summed E-state index contributed by atoms with van der Waals surface area (Å²) in [6, 6.07) is 10.4. The third-order valence-corrected chi connectivity index (χ3v) is 4.33. The van der Waals surface area contributed by atoms with Gasteiger partial charge >= 0.3 is 6.09 Å². The van der Waals surface area contributed by atoms with Gasteiger partial charge in [-0.2, -0.15) is 0 Å². The van der Waals surface area contributed by atoms with Gasteiger partial charge in [0.25, 0.3) is 0 Å². The van der Waals surface area contributed by atoms with Crippen molar-refractivity contribution in [3.8, 4) is 0 Å². The number of nitrogens with zero attached hydrogens (tertiary/aromatic N) is 2. The Morgan fingerprint density at radius 1 is 1.32 bits per heavy atom. The van der Waals surface area contributed by atoms with Gasteiger partial charge in [-0.3, -0.25) is 9.80 Å². The van der Waals surface area contributed by atoms with Gasteiger partial charge in [0.15, 0.2) is 0 Å². The van der Waals surface area contributed by atoms with Gasteiger partial charge in [0, 0.05) is 13.1 Å². The molecule has 140 valence electrons. The van der Waals surface area contributed by atoms with Crippen molar-refractivity contribution in [3.05, 3.63) is 35.9 Å². The smallest absolute Gasteiger partial charge is 0.412 e. The van der Waals surface area contributed by atoms with Gasteiger partial charge in [-0.1, -0.05) is 37.3 Å². The fourth-order valence-corrected chi connectivity index (χ4v) is 3.14. The van der Waals surface area contributed by atoms with E-state index < -0.39 is 11.3 Å². The quantitative estimate of drug-likeness (QED) is 0.810. The van der Waals surface area contributed by atoms with Crippen LogP contribution in [-0.2, 0) is 16.0 Å². The normalized spacial score (nSPS) is 20.1. The Balaban J connectivity index is 2.08. The first kappa shape index (κ1) is 19.7. The van der Waals surface area contributed by atoms with Gasteiger partial charge in [0.05, 0.1) is 12.6 Å². The topological polar surface area (TPSA) is 42.0 Å². The number of ether oxygens (including phenoxy) is 2. The molecule has 2 rings (SSSR count). The van der Waals surface area contributed by atoms with E-state index >= 15 is 0 Å². The number of hydrogen-bond donors (Lipinski definition) is 0. The highest BCUT2D eigenvalue weighted by Crippen LogP contribution is 2.30. The molecule has 5 heteroatoms. The summed E-state index contributed by atoms with van der Waals surface area (Å²) < 4.78 is 11.5. The molecule has 0 aliphatic carbocycles. The van der Waals surface area contributed by atoms with Gasteiger partial charge in [-0.05, 0) is 46.7 Å². The number of likely N-dealkylation sites (N-methyl/N-ethyl adjacent to an activating group) is 1. The minimum Gasteiger partial charge on any atom is -0.444 e. The molecular formula is C20H32N2O3. The number of benzene rings is 1. The van der Waals surface area contributed by atoms with E-state index in [4.69, 9.17) is 9.47 Å². The lowest BCUT2D eigenvalue weighted by Crippen LogP contribution is -2.52. The highest BCUT2D eigenvalue weighted by atomic mass is 16.6. The predicted molar refractivity (Wildman–Crippen MR) is 99.3 cm³/mol. The molecule has 5 nitrogen and oxygen atoms in total. The molecular weight excluding hydrogens is 316 g/mol. The van der Waals surface area contributed by atoms with Crippen LogP contribution in [0, 0.1) is 0 Å². The highest BCUT2D eigenvalue weighted by Gasteiger charge is 2.46. The standard InChI is InChI=1S/C20H32N2O3/c1-7-21(13-16-11-9-8-10-12-16)14-17-15-24-20(5,6)22(17)18(23)25-19(2,3)4/h8-12,17H,7,13-15H2,1-6H3. The average molecular weight is 348 g/mol. The van der Waals surface area contributed by atoms with Crippen LogP contribution in [0.1, 0.15) is 47.1 Å². The first-order chi connectivity index (χ1) is 11.6. The maximum absolute atomic E-state index is 12.7. The number of carbonyl (C=O) groups excluding carboxylic acids is 1. The fraction of sp³-hybridized carbons (Fsp3) is 0.650. The summed E-state index contributed by atoms with van der Waals surface area (Å²) in [5, 5.41) is 0. The molecule has 1 aliphatic heterocycles. The largest absolute Gasteiger partial charge is 0.444 e. The molecule has 0 bridgehead atoms.